The van der Waals surface area contributed by atoms with E-state index in [-0.39, 0.29) is 49.3 Å². The highest BCUT2D eigenvalue weighted by Crippen LogP contribution is 2.36. The number of hydrogen-bond donors (Lipinski definition) is 3. The van der Waals surface area contributed by atoms with Crippen LogP contribution in [0, 0.1) is 28.0 Å². The minimum Gasteiger partial charge on any atom is -0.395 e. The zero-order valence-corrected chi connectivity index (χ0v) is 14.2. The molecule has 10 heteroatoms. The molecule has 1 aliphatic heterocycles. The fourth-order valence-corrected chi connectivity index (χ4v) is 3.51. The van der Waals surface area contributed by atoms with Gasteiger partial charge in [-0.15, -0.1) is 0 Å². The first-order chi connectivity index (χ1) is 12.3. The van der Waals surface area contributed by atoms with E-state index in [4.69, 9.17) is 17.3 Å². The van der Waals surface area contributed by atoms with E-state index in [1.54, 1.807) is 4.57 Å². The van der Waals surface area contributed by atoms with Gasteiger partial charge in [-0.25, -0.2) is 17.6 Å². The second-order valence-electron chi connectivity index (χ2n) is 6.00. The Balaban J connectivity index is 1.90. The van der Waals surface area contributed by atoms with Gasteiger partial charge in [0.2, 0.25) is 5.91 Å². The first-order valence-corrected chi connectivity index (χ1v) is 8.25. The highest BCUT2D eigenvalue weighted by Gasteiger charge is 2.33. The van der Waals surface area contributed by atoms with Crippen LogP contribution in [0.25, 0.3) is 0 Å². The SMILES string of the molecule is O=C(Cc1[nH]c(=S)n2c1CC(c1c(F)c(F)cc(F)c1F)C2)NCCO. The second-order valence-corrected chi connectivity index (χ2v) is 6.39. The maximum absolute atomic E-state index is 14.1. The molecule has 3 N–H and O–H groups in total. The fourth-order valence-electron chi connectivity index (χ4n) is 3.21. The first-order valence-electron chi connectivity index (χ1n) is 7.84. The van der Waals surface area contributed by atoms with Crippen LogP contribution in [0.5, 0.6) is 0 Å². The smallest absolute Gasteiger partial charge is 0.226 e. The Labute approximate surface area is 150 Å². The van der Waals surface area contributed by atoms with Crippen molar-refractivity contribution in [2.45, 2.75) is 25.3 Å². The molecule has 1 unspecified atom stereocenters. The van der Waals surface area contributed by atoms with Gasteiger partial charge in [0, 0.05) is 42.0 Å². The van der Waals surface area contributed by atoms with E-state index in [2.05, 4.69) is 10.3 Å². The van der Waals surface area contributed by atoms with E-state index in [9.17, 15) is 22.4 Å². The molecule has 0 aliphatic carbocycles. The van der Waals surface area contributed by atoms with E-state index >= 15 is 0 Å². The second kappa shape index (κ2) is 7.20. The molecule has 140 valence electrons. The number of H-pyrrole nitrogens is 1. The number of nitrogens with zero attached hydrogens (tertiary/aromatic N) is 1. The van der Waals surface area contributed by atoms with E-state index in [1.165, 1.54) is 0 Å². The van der Waals surface area contributed by atoms with Gasteiger partial charge in [-0.3, -0.25) is 4.79 Å². The van der Waals surface area contributed by atoms with Crippen molar-refractivity contribution < 1.29 is 27.5 Å². The Morgan fingerprint density at radius 3 is 2.58 bits per heavy atom. The van der Waals surface area contributed by atoms with Gasteiger partial charge < -0.3 is 20.0 Å². The number of carbonyl (C=O) groups is 1. The Bertz CT molecular complexity index is 899. The van der Waals surface area contributed by atoms with Crippen LogP contribution in [0.3, 0.4) is 0 Å². The number of aliphatic hydroxyl groups excluding tert-OH is 1. The van der Waals surface area contributed by atoms with Gasteiger partial charge in [-0.1, -0.05) is 0 Å². The minimum absolute atomic E-state index is 0.0413. The molecule has 0 radical (unpaired) electrons. The Morgan fingerprint density at radius 1 is 1.31 bits per heavy atom. The predicted octanol–water partition coefficient (Wildman–Crippen LogP) is 2.09. The molecule has 26 heavy (non-hydrogen) atoms. The van der Waals surface area contributed by atoms with E-state index < -0.39 is 34.8 Å². The number of hydrogen-bond acceptors (Lipinski definition) is 3. The summed E-state index contributed by atoms with van der Waals surface area (Å²) >= 11 is 5.16. The molecule has 0 fully saturated rings. The third-order valence-electron chi connectivity index (χ3n) is 4.35. The van der Waals surface area contributed by atoms with Crippen LogP contribution in [0.2, 0.25) is 0 Å². The summed E-state index contributed by atoms with van der Waals surface area (Å²) in [6, 6.07) is 0.173. The number of amides is 1. The van der Waals surface area contributed by atoms with Crippen molar-refractivity contribution >= 4 is 18.1 Å². The quantitative estimate of drug-likeness (QED) is 0.417. The summed E-state index contributed by atoms with van der Waals surface area (Å²) in [4.78, 5) is 14.7. The summed E-state index contributed by atoms with van der Waals surface area (Å²) < 4.78 is 56.9. The molecule has 2 aromatic rings. The zero-order valence-electron chi connectivity index (χ0n) is 13.4. The van der Waals surface area contributed by atoms with Crippen molar-refractivity contribution in [1.82, 2.24) is 14.9 Å². The largest absolute Gasteiger partial charge is 0.395 e. The van der Waals surface area contributed by atoms with Gasteiger partial charge >= 0.3 is 0 Å². The topological polar surface area (TPSA) is 70.0 Å². The molecule has 0 spiro atoms. The molecule has 0 bridgehead atoms. The Kier molecular flexibility index (Phi) is 5.15. The lowest BCUT2D eigenvalue weighted by Gasteiger charge is -2.13. The maximum Gasteiger partial charge on any atom is 0.226 e. The van der Waals surface area contributed by atoms with Crippen molar-refractivity contribution in [3.05, 3.63) is 51.1 Å². The molecule has 2 heterocycles. The maximum atomic E-state index is 14.1. The number of fused-ring (bicyclic) bond motifs is 1. The van der Waals surface area contributed by atoms with Gasteiger partial charge in [0.15, 0.2) is 28.0 Å². The van der Waals surface area contributed by atoms with Crippen LogP contribution in [0.4, 0.5) is 17.6 Å². The van der Waals surface area contributed by atoms with Crippen molar-refractivity contribution in [3.8, 4) is 0 Å². The van der Waals surface area contributed by atoms with Gasteiger partial charge in [0.25, 0.3) is 0 Å². The van der Waals surface area contributed by atoms with Gasteiger partial charge in [-0.2, -0.15) is 0 Å². The van der Waals surface area contributed by atoms with Crippen molar-refractivity contribution in [2.24, 2.45) is 0 Å². The summed E-state index contributed by atoms with van der Waals surface area (Å²) in [5.74, 6) is -6.95. The molecule has 3 rings (SSSR count). The predicted molar refractivity (Wildman–Crippen MR) is 86.1 cm³/mol. The fraction of sp³-hybridized carbons (Fsp3) is 0.375. The van der Waals surface area contributed by atoms with Crippen molar-refractivity contribution in [2.75, 3.05) is 13.2 Å². The number of imidazole rings is 1. The molecule has 1 atom stereocenters. The molecule has 5 nitrogen and oxygen atoms in total. The van der Waals surface area contributed by atoms with Gasteiger partial charge in [0.1, 0.15) is 0 Å². The van der Waals surface area contributed by atoms with Gasteiger partial charge in [-0.05, 0) is 18.6 Å². The molecule has 0 saturated heterocycles. The summed E-state index contributed by atoms with van der Waals surface area (Å²) in [5.41, 5.74) is 0.365. The highest BCUT2D eigenvalue weighted by molar-refractivity contribution is 7.71. The number of aliphatic hydroxyl groups is 1. The number of benzene rings is 1. The van der Waals surface area contributed by atoms with Crippen LogP contribution in [0.15, 0.2) is 6.07 Å². The molecule has 0 saturated carbocycles. The van der Waals surface area contributed by atoms with Crippen LogP contribution in [0.1, 0.15) is 22.9 Å². The van der Waals surface area contributed by atoms with E-state index in [0.29, 0.717) is 11.4 Å². The van der Waals surface area contributed by atoms with Crippen LogP contribution < -0.4 is 5.32 Å². The lowest BCUT2D eigenvalue weighted by Crippen LogP contribution is -2.28. The normalized spacial score (nSPS) is 16.0. The summed E-state index contributed by atoms with van der Waals surface area (Å²) in [7, 11) is 0. The Hall–Kier alpha value is -2.20. The number of rotatable bonds is 5. The average molecular weight is 389 g/mol. The van der Waals surface area contributed by atoms with Crippen LogP contribution >= 0.6 is 12.2 Å². The molecule has 1 aliphatic rings. The standard InChI is InChI=1S/C16H15F4N3O2S/c17-8-4-9(18)15(20)13(14(8)19)7-3-11-10(5-12(25)21-1-2-24)22-16(26)23(11)6-7/h4,7,24H,1-3,5-6H2,(H,21,25)(H,22,26). The monoisotopic (exact) mass is 389 g/mol. The molecule has 1 amide bonds. The van der Waals surface area contributed by atoms with Gasteiger partial charge in [0.05, 0.1) is 13.0 Å². The van der Waals surface area contributed by atoms with Crippen molar-refractivity contribution in [3.63, 3.8) is 0 Å². The summed E-state index contributed by atoms with van der Waals surface area (Å²) in [6.45, 7) is -0.0712. The number of aromatic amines is 1. The molecule has 1 aromatic heterocycles. The lowest BCUT2D eigenvalue weighted by molar-refractivity contribution is -0.120. The van der Waals surface area contributed by atoms with E-state index in [0.717, 1.165) is 0 Å². The summed E-state index contributed by atoms with van der Waals surface area (Å²) in [6.07, 6.45) is 0.00760. The lowest BCUT2D eigenvalue weighted by atomic mass is 9.94. The molecular weight excluding hydrogens is 374 g/mol. The Morgan fingerprint density at radius 2 is 1.96 bits per heavy atom. The van der Waals surface area contributed by atoms with E-state index in [1.807, 2.05) is 0 Å². The molecular formula is C16H15F4N3O2S. The first kappa shape index (κ1) is 18.6. The number of aromatic nitrogens is 2. The third-order valence-corrected chi connectivity index (χ3v) is 4.67. The number of nitrogens with one attached hydrogen (secondary N) is 2. The number of carbonyl (C=O) groups excluding carboxylic acids is 1. The summed E-state index contributed by atoms with van der Waals surface area (Å²) in [5, 5.41) is 11.2. The zero-order chi connectivity index (χ0) is 19.0. The highest BCUT2D eigenvalue weighted by atomic mass is 32.1. The van der Waals surface area contributed by atoms with Crippen LogP contribution in [-0.2, 0) is 24.2 Å². The number of halogens is 4. The third kappa shape index (κ3) is 3.26. The molecule has 1 aromatic carbocycles. The minimum atomic E-state index is -1.45. The van der Waals surface area contributed by atoms with Crippen LogP contribution in [-0.4, -0.2) is 33.7 Å². The average Bonchev–Trinajstić information content (AvgIpc) is 3.13. The van der Waals surface area contributed by atoms with Crippen molar-refractivity contribution in [1.29, 1.82) is 0 Å².